The number of nitrogens with zero attached hydrogens (tertiary/aromatic N) is 1. The SMILES string of the molecule is CC(=O)CC1CCc2n[nH]c(=O)cc2C1. The van der Waals surface area contributed by atoms with E-state index in [-0.39, 0.29) is 11.3 Å². The molecule has 0 saturated carbocycles. The maximum absolute atomic E-state index is 11.1. The van der Waals surface area contributed by atoms with Gasteiger partial charge in [0, 0.05) is 12.5 Å². The Morgan fingerprint density at radius 1 is 1.67 bits per heavy atom. The zero-order chi connectivity index (χ0) is 10.8. The lowest BCUT2D eigenvalue weighted by molar-refractivity contribution is -0.117. The molecular weight excluding hydrogens is 192 g/mol. The van der Waals surface area contributed by atoms with E-state index in [1.165, 1.54) is 0 Å². The van der Waals surface area contributed by atoms with Crippen LogP contribution < -0.4 is 5.56 Å². The number of aryl methyl sites for hydroxylation is 1. The number of fused-ring (bicyclic) bond motifs is 1. The Hall–Kier alpha value is -1.45. The standard InChI is InChI=1S/C11H14N2O2/c1-7(14)4-8-2-3-10-9(5-8)6-11(15)13-12-10/h6,8H,2-5H2,1H3,(H,13,15). The number of Topliss-reactive ketones (excluding diaryl/α,β-unsaturated/α-hetero) is 1. The summed E-state index contributed by atoms with van der Waals surface area (Å²) in [5, 5.41) is 6.45. The van der Waals surface area contributed by atoms with Gasteiger partial charge in [-0.3, -0.25) is 4.79 Å². The number of hydrogen-bond donors (Lipinski definition) is 1. The second-order valence-corrected chi connectivity index (χ2v) is 4.22. The first-order valence-electron chi connectivity index (χ1n) is 5.22. The van der Waals surface area contributed by atoms with Crippen molar-refractivity contribution < 1.29 is 4.79 Å². The molecule has 1 N–H and O–H groups in total. The lowest BCUT2D eigenvalue weighted by Gasteiger charge is -2.21. The van der Waals surface area contributed by atoms with Gasteiger partial charge < -0.3 is 4.79 Å². The average Bonchev–Trinajstić information content (AvgIpc) is 2.16. The predicted octanol–water partition coefficient (Wildman–Crippen LogP) is 0.854. The second kappa shape index (κ2) is 3.96. The summed E-state index contributed by atoms with van der Waals surface area (Å²) in [4.78, 5) is 22.1. The van der Waals surface area contributed by atoms with Crippen LogP contribution in [0.15, 0.2) is 10.9 Å². The van der Waals surface area contributed by atoms with E-state index in [1.807, 2.05) is 0 Å². The molecule has 1 aromatic heterocycles. The minimum Gasteiger partial charge on any atom is -0.300 e. The lowest BCUT2D eigenvalue weighted by atomic mass is 9.84. The highest BCUT2D eigenvalue weighted by Gasteiger charge is 2.20. The molecule has 1 aliphatic rings. The van der Waals surface area contributed by atoms with Gasteiger partial charge in [0.1, 0.15) is 5.78 Å². The molecule has 0 saturated heterocycles. The Morgan fingerprint density at radius 2 is 2.47 bits per heavy atom. The van der Waals surface area contributed by atoms with Crippen molar-refractivity contribution in [3.63, 3.8) is 0 Å². The zero-order valence-electron chi connectivity index (χ0n) is 8.75. The number of H-pyrrole nitrogens is 1. The zero-order valence-corrected chi connectivity index (χ0v) is 8.75. The molecule has 1 unspecified atom stereocenters. The summed E-state index contributed by atoms with van der Waals surface area (Å²) in [5.41, 5.74) is 1.84. The summed E-state index contributed by atoms with van der Waals surface area (Å²) in [5.74, 6) is 0.611. The Balaban J connectivity index is 2.18. The van der Waals surface area contributed by atoms with Crippen molar-refractivity contribution >= 4 is 5.78 Å². The minimum absolute atomic E-state index is 0.155. The van der Waals surface area contributed by atoms with Crippen molar-refractivity contribution in [2.75, 3.05) is 0 Å². The fraction of sp³-hybridized carbons (Fsp3) is 0.545. The van der Waals surface area contributed by atoms with Crippen molar-refractivity contribution in [3.8, 4) is 0 Å². The summed E-state index contributed by atoms with van der Waals surface area (Å²) in [7, 11) is 0. The molecule has 0 radical (unpaired) electrons. The Kier molecular flexibility index (Phi) is 2.66. The molecular formula is C11H14N2O2. The molecule has 1 aliphatic carbocycles. The van der Waals surface area contributed by atoms with Gasteiger partial charge in [-0.05, 0) is 37.7 Å². The van der Waals surface area contributed by atoms with Crippen LogP contribution in [0.1, 0.15) is 31.0 Å². The lowest BCUT2D eigenvalue weighted by Crippen LogP contribution is -2.21. The molecule has 80 valence electrons. The van der Waals surface area contributed by atoms with Crippen LogP contribution in [0.2, 0.25) is 0 Å². The summed E-state index contributed by atoms with van der Waals surface area (Å²) in [6, 6.07) is 1.61. The summed E-state index contributed by atoms with van der Waals surface area (Å²) in [6.45, 7) is 1.62. The number of aromatic amines is 1. The predicted molar refractivity (Wildman–Crippen MR) is 55.7 cm³/mol. The largest absolute Gasteiger partial charge is 0.300 e. The highest BCUT2D eigenvalue weighted by molar-refractivity contribution is 5.75. The van der Waals surface area contributed by atoms with Crippen LogP contribution >= 0.6 is 0 Å². The van der Waals surface area contributed by atoms with Crippen molar-refractivity contribution in [1.29, 1.82) is 0 Å². The molecule has 0 aromatic carbocycles. The number of rotatable bonds is 2. The first kappa shape index (κ1) is 10.1. The second-order valence-electron chi connectivity index (χ2n) is 4.22. The molecule has 0 amide bonds. The monoisotopic (exact) mass is 206 g/mol. The van der Waals surface area contributed by atoms with Gasteiger partial charge in [0.2, 0.25) is 0 Å². The van der Waals surface area contributed by atoms with Gasteiger partial charge in [-0.25, -0.2) is 5.10 Å². The van der Waals surface area contributed by atoms with Gasteiger partial charge in [-0.1, -0.05) is 0 Å². The third-order valence-corrected chi connectivity index (χ3v) is 2.85. The fourth-order valence-corrected chi connectivity index (χ4v) is 2.20. The maximum Gasteiger partial charge on any atom is 0.264 e. The molecule has 1 heterocycles. The Labute approximate surface area is 87.7 Å². The smallest absolute Gasteiger partial charge is 0.264 e. The topological polar surface area (TPSA) is 62.8 Å². The number of nitrogens with one attached hydrogen (secondary N) is 1. The molecule has 1 aromatic rings. The van der Waals surface area contributed by atoms with Crippen LogP contribution in [0.4, 0.5) is 0 Å². The molecule has 4 heteroatoms. The first-order valence-corrected chi connectivity index (χ1v) is 5.22. The van der Waals surface area contributed by atoms with E-state index in [0.717, 1.165) is 30.5 Å². The van der Waals surface area contributed by atoms with Gasteiger partial charge in [0.25, 0.3) is 5.56 Å². The number of carbonyl (C=O) groups excluding carboxylic acids is 1. The van der Waals surface area contributed by atoms with Crippen LogP contribution in [0.5, 0.6) is 0 Å². The highest BCUT2D eigenvalue weighted by atomic mass is 16.1. The maximum atomic E-state index is 11.1. The molecule has 0 spiro atoms. The molecule has 0 bridgehead atoms. The van der Waals surface area contributed by atoms with Crippen molar-refractivity contribution in [2.24, 2.45) is 5.92 Å². The van der Waals surface area contributed by atoms with Crippen LogP contribution in [-0.4, -0.2) is 16.0 Å². The molecule has 0 fully saturated rings. The van der Waals surface area contributed by atoms with E-state index in [2.05, 4.69) is 10.2 Å². The fourth-order valence-electron chi connectivity index (χ4n) is 2.20. The van der Waals surface area contributed by atoms with Gasteiger partial charge in [-0.15, -0.1) is 0 Å². The average molecular weight is 206 g/mol. The van der Waals surface area contributed by atoms with Gasteiger partial charge in [0.05, 0.1) is 5.69 Å². The Bertz CT molecular complexity index is 436. The Morgan fingerprint density at radius 3 is 3.20 bits per heavy atom. The quantitative estimate of drug-likeness (QED) is 0.780. The molecule has 4 nitrogen and oxygen atoms in total. The van der Waals surface area contributed by atoms with Gasteiger partial charge >= 0.3 is 0 Å². The summed E-state index contributed by atoms with van der Waals surface area (Å²) < 4.78 is 0. The van der Waals surface area contributed by atoms with Crippen molar-refractivity contribution in [2.45, 2.75) is 32.6 Å². The van der Waals surface area contributed by atoms with Gasteiger partial charge in [-0.2, -0.15) is 5.10 Å². The van der Waals surface area contributed by atoms with Crippen molar-refractivity contribution in [3.05, 3.63) is 27.7 Å². The van der Waals surface area contributed by atoms with Crippen LogP contribution in [0, 0.1) is 5.92 Å². The highest BCUT2D eigenvalue weighted by Crippen LogP contribution is 2.25. The van der Waals surface area contributed by atoms with E-state index in [0.29, 0.717) is 12.3 Å². The van der Waals surface area contributed by atoms with E-state index >= 15 is 0 Å². The van der Waals surface area contributed by atoms with Crippen LogP contribution in [0.25, 0.3) is 0 Å². The summed E-state index contributed by atoms with van der Waals surface area (Å²) >= 11 is 0. The van der Waals surface area contributed by atoms with Crippen molar-refractivity contribution in [1.82, 2.24) is 10.2 Å². The number of ketones is 1. The third-order valence-electron chi connectivity index (χ3n) is 2.85. The van der Waals surface area contributed by atoms with E-state index < -0.39 is 0 Å². The summed E-state index contributed by atoms with van der Waals surface area (Å²) in [6.07, 6.45) is 3.29. The molecule has 2 rings (SSSR count). The minimum atomic E-state index is -0.155. The molecule has 1 atom stereocenters. The number of hydrogen-bond acceptors (Lipinski definition) is 3. The number of carbonyl (C=O) groups is 1. The van der Waals surface area contributed by atoms with Gasteiger partial charge in [0.15, 0.2) is 0 Å². The van der Waals surface area contributed by atoms with E-state index in [9.17, 15) is 9.59 Å². The number of aromatic nitrogens is 2. The molecule has 0 aliphatic heterocycles. The normalized spacial score (nSPS) is 19.7. The first-order chi connectivity index (χ1) is 7.15. The van der Waals surface area contributed by atoms with Crippen LogP contribution in [0.3, 0.4) is 0 Å². The molecule has 15 heavy (non-hydrogen) atoms. The van der Waals surface area contributed by atoms with Crippen LogP contribution in [-0.2, 0) is 17.6 Å². The van der Waals surface area contributed by atoms with E-state index in [4.69, 9.17) is 0 Å². The third kappa shape index (κ3) is 2.32. The van der Waals surface area contributed by atoms with E-state index in [1.54, 1.807) is 13.0 Å².